The van der Waals surface area contributed by atoms with Crippen molar-refractivity contribution in [2.75, 3.05) is 19.6 Å². The van der Waals surface area contributed by atoms with Crippen LogP contribution in [0.1, 0.15) is 34.6 Å². The van der Waals surface area contributed by atoms with Gasteiger partial charge in [0.05, 0.1) is 11.4 Å². The second-order valence-corrected chi connectivity index (χ2v) is 6.45. The van der Waals surface area contributed by atoms with Crippen LogP contribution in [0.5, 0.6) is 0 Å². The molecular formula is C17H22N6O3. The zero-order valence-electron chi connectivity index (χ0n) is 15.2. The van der Waals surface area contributed by atoms with Gasteiger partial charge in [-0.2, -0.15) is 0 Å². The van der Waals surface area contributed by atoms with Crippen LogP contribution in [0, 0.1) is 13.8 Å². The number of carbonyl (C=O) groups is 2. The summed E-state index contributed by atoms with van der Waals surface area (Å²) in [6.07, 6.45) is 1.30. The van der Waals surface area contributed by atoms with E-state index < -0.39 is 0 Å². The van der Waals surface area contributed by atoms with Gasteiger partial charge in [-0.15, -0.1) is 5.10 Å². The summed E-state index contributed by atoms with van der Waals surface area (Å²) in [5, 5.41) is 12.0. The lowest BCUT2D eigenvalue weighted by molar-refractivity contribution is -0.128. The topological polar surface area (TPSA) is 97.4 Å². The minimum absolute atomic E-state index is 0.110. The van der Waals surface area contributed by atoms with Crippen LogP contribution in [0.2, 0.25) is 0 Å². The summed E-state index contributed by atoms with van der Waals surface area (Å²) in [7, 11) is 0. The molecule has 2 aromatic rings. The van der Waals surface area contributed by atoms with Crippen molar-refractivity contribution >= 4 is 11.8 Å². The number of hydrogen-bond donors (Lipinski definition) is 0. The molecule has 0 unspecified atom stereocenters. The average Bonchev–Trinajstić information content (AvgIpc) is 3.20. The van der Waals surface area contributed by atoms with Gasteiger partial charge in [-0.25, -0.2) is 4.68 Å². The molecule has 26 heavy (non-hydrogen) atoms. The molecule has 0 aromatic carbocycles. The van der Waals surface area contributed by atoms with Crippen molar-refractivity contribution in [3.05, 3.63) is 41.6 Å². The fourth-order valence-corrected chi connectivity index (χ4v) is 3.07. The Hall–Kier alpha value is -2.97. The quantitative estimate of drug-likeness (QED) is 0.750. The van der Waals surface area contributed by atoms with Crippen LogP contribution in [0.4, 0.5) is 0 Å². The molecule has 1 atom stereocenters. The fourth-order valence-electron chi connectivity index (χ4n) is 3.07. The first kappa shape index (κ1) is 17.8. The van der Waals surface area contributed by atoms with E-state index >= 15 is 0 Å². The Balaban J connectivity index is 1.72. The molecule has 0 bridgehead atoms. The maximum atomic E-state index is 12.9. The monoisotopic (exact) mass is 358 g/mol. The van der Waals surface area contributed by atoms with Crippen LogP contribution in [-0.2, 0) is 11.3 Å². The summed E-state index contributed by atoms with van der Waals surface area (Å²) in [4.78, 5) is 28.1. The molecule has 0 saturated carbocycles. The van der Waals surface area contributed by atoms with Gasteiger partial charge in [0.2, 0.25) is 5.91 Å². The van der Waals surface area contributed by atoms with Crippen LogP contribution < -0.4 is 0 Å². The smallest absolute Gasteiger partial charge is 0.276 e. The van der Waals surface area contributed by atoms with Crippen molar-refractivity contribution < 1.29 is 14.1 Å². The third-order valence-electron chi connectivity index (χ3n) is 4.54. The molecule has 1 aliphatic rings. The van der Waals surface area contributed by atoms with Gasteiger partial charge in [-0.1, -0.05) is 16.9 Å². The van der Waals surface area contributed by atoms with Gasteiger partial charge in [0.1, 0.15) is 6.54 Å². The summed E-state index contributed by atoms with van der Waals surface area (Å²) < 4.78 is 6.81. The molecule has 1 fully saturated rings. The predicted molar refractivity (Wildman–Crippen MR) is 92.4 cm³/mol. The van der Waals surface area contributed by atoms with E-state index in [0.29, 0.717) is 43.3 Å². The fraction of sp³-hybridized carbons (Fsp3) is 0.471. The molecule has 0 aliphatic carbocycles. The summed E-state index contributed by atoms with van der Waals surface area (Å²) in [5.41, 5.74) is 1.77. The Morgan fingerprint density at radius 2 is 2.15 bits per heavy atom. The highest BCUT2D eigenvalue weighted by Gasteiger charge is 2.32. The van der Waals surface area contributed by atoms with Gasteiger partial charge >= 0.3 is 0 Å². The largest absolute Gasteiger partial charge is 0.359 e. The highest BCUT2D eigenvalue weighted by atomic mass is 16.5. The zero-order valence-corrected chi connectivity index (χ0v) is 15.2. The molecule has 1 aliphatic heterocycles. The van der Waals surface area contributed by atoms with Gasteiger partial charge in [0, 0.05) is 31.7 Å². The summed E-state index contributed by atoms with van der Waals surface area (Å²) in [5.74, 6) is 0.355. The minimum Gasteiger partial charge on any atom is -0.359 e. The van der Waals surface area contributed by atoms with E-state index in [1.807, 2.05) is 19.9 Å². The van der Waals surface area contributed by atoms with E-state index in [1.54, 1.807) is 21.4 Å². The minimum atomic E-state index is -0.180. The van der Waals surface area contributed by atoms with Crippen molar-refractivity contribution in [2.24, 2.45) is 0 Å². The number of carbonyl (C=O) groups excluding carboxylic acids is 2. The Labute approximate surface area is 151 Å². The molecule has 1 saturated heterocycles. The standard InChI is InChI=1S/C17H22N6O3/c1-5-15(24)21-6-7-22(12(3)9-21)17(25)16-13(4)23(20-18-16)10-14-8-11(2)19-26-14/h5,8,12H,1,6-7,9-10H2,2-4H3/t12-/m0/s1. The normalized spacial score (nSPS) is 17.4. The Bertz CT molecular complexity index is 839. The van der Waals surface area contributed by atoms with Crippen molar-refractivity contribution in [3.63, 3.8) is 0 Å². The van der Waals surface area contributed by atoms with Gasteiger partial charge in [-0.3, -0.25) is 9.59 Å². The number of aryl methyl sites for hydroxylation is 1. The Morgan fingerprint density at radius 3 is 2.77 bits per heavy atom. The Morgan fingerprint density at radius 1 is 1.38 bits per heavy atom. The molecular weight excluding hydrogens is 336 g/mol. The molecule has 0 spiro atoms. The van der Waals surface area contributed by atoms with E-state index in [9.17, 15) is 9.59 Å². The van der Waals surface area contributed by atoms with Crippen molar-refractivity contribution in [1.29, 1.82) is 0 Å². The third kappa shape index (κ3) is 3.37. The van der Waals surface area contributed by atoms with Gasteiger partial charge in [0.15, 0.2) is 11.5 Å². The molecule has 9 nitrogen and oxygen atoms in total. The number of amides is 2. The number of rotatable bonds is 4. The maximum absolute atomic E-state index is 12.9. The van der Waals surface area contributed by atoms with Crippen LogP contribution in [0.15, 0.2) is 23.2 Å². The summed E-state index contributed by atoms with van der Waals surface area (Å²) >= 11 is 0. The van der Waals surface area contributed by atoms with E-state index in [2.05, 4.69) is 22.0 Å². The number of piperazine rings is 1. The van der Waals surface area contributed by atoms with Crippen molar-refractivity contribution in [2.45, 2.75) is 33.4 Å². The number of hydrogen-bond acceptors (Lipinski definition) is 6. The van der Waals surface area contributed by atoms with Gasteiger partial charge < -0.3 is 14.3 Å². The predicted octanol–water partition coefficient (Wildman–Crippen LogP) is 0.790. The van der Waals surface area contributed by atoms with Gasteiger partial charge in [-0.05, 0) is 26.8 Å². The zero-order chi connectivity index (χ0) is 18.8. The van der Waals surface area contributed by atoms with E-state index in [1.165, 1.54) is 6.08 Å². The molecule has 0 N–H and O–H groups in total. The first-order valence-corrected chi connectivity index (χ1v) is 8.45. The lowest BCUT2D eigenvalue weighted by Crippen LogP contribution is -2.55. The van der Waals surface area contributed by atoms with Crippen molar-refractivity contribution in [1.82, 2.24) is 30.0 Å². The van der Waals surface area contributed by atoms with E-state index in [-0.39, 0.29) is 17.9 Å². The molecule has 3 rings (SSSR count). The highest BCUT2D eigenvalue weighted by Crippen LogP contribution is 2.16. The van der Waals surface area contributed by atoms with Crippen LogP contribution in [0.25, 0.3) is 0 Å². The summed E-state index contributed by atoms with van der Waals surface area (Å²) in [6.45, 7) is 10.8. The second-order valence-electron chi connectivity index (χ2n) is 6.45. The maximum Gasteiger partial charge on any atom is 0.276 e. The molecule has 138 valence electrons. The van der Waals surface area contributed by atoms with Gasteiger partial charge in [0.25, 0.3) is 5.91 Å². The second kappa shape index (κ2) is 7.11. The van der Waals surface area contributed by atoms with Crippen LogP contribution >= 0.6 is 0 Å². The highest BCUT2D eigenvalue weighted by molar-refractivity contribution is 5.94. The SMILES string of the molecule is C=CC(=O)N1CCN(C(=O)c2nnn(Cc3cc(C)no3)c2C)[C@@H](C)C1. The van der Waals surface area contributed by atoms with Crippen LogP contribution in [0.3, 0.4) is 0 Å². The number of nitrogens with zero attached hydrogens (tertiary/aromatic N) is 6. The lowest BCUT2D eigenvalue weighted by Gasteiger charge is -2.39. The lowest BCUT2D eigenvalue weighted by atomic mass is 10.1. The summed E-state index contributed by atoms with van der Waals surface area (Å²) in [6, 6.07) is 1.71. The van der Waals surface area contributed by atoms with E-state index in [4.69, 9.17) is 4.52 Å². The van der Waals surface area contributed by atoms with Crippen molar-refractivity contribution in [3.8, 4) is 0 Å². The molecule has 0 radical (unpaired) electrons. The molecule has 2 aromatic heterocycles. The first-order chi connectivity index (χ1) is 12.4. The Kier molecular flexibility index (Phi) is 4.88. The average molecular weight is 358 g/mol. The molecule has 2 amide bonds. The van der Waals surface area contributed by atoms with Crippen LogP contribution in [-0.4, -0.2) is 67.4 Å². The molecule has 3 heterocycles. The third-order valence-corrected chi connectivity index (χ3v) is 4.54. The van der Waals surface area contributed by atoms with E-state index in [0.717, 1.165) is 5.69 Å². The molecule has 9 heteroatoms. The number of aromatic nitrogens is 4. The first-order valence-electron chi connectivity index (χ1n) is 8.45.